The van der Waals surface area contributed by atoms with Gasteiger partial charge in [0.15, 0.2) is 16.6 Å². The molecule has 1 aliphatic rings. The van der Waals surface area contributed by atoms with Crippen LogP contribution in [0, 0.1) is 0 Å². The summed E-state index contributed by atoms with van der Waals surface area (Å²) >= 11 is 1.65. The van der Waals surface area contributed by atoms with E-state index in [1.165, 1.54) is 0 Å². The quantitative estimate of drug-likeness (QED) is 0.668. The van der Waals surface area contributed by atoms with E-state index in [1.807, 2.05) is 32.3 Å². The van der Waals surface area contributed by atoms with Crippen LogP contribution < -0.4 is 24.4 Å². The van der Waals surface area contributed by atoms with Crippen molar-refractivity contribution in [1.82, 2.24) is 10.3 Å². The zero-order valence-electron chi connectivity index (χ0n) is 17.3. The first-order valence-electron chi connectivity index (χ1n) is 10.2. The first-order chi connectivity index (χ1) is 14.2. The fraction of sp³-hybridized carbons (Fsp3) is 0.524. The summed E-state index contributed by atoms with van der Waals surface area (Å²) in [4.78, 5) is 19.6. The van der Waals surface area contributed by atoms with Crippen molar-refractivity contribution in [1.29, 1.82) is 0 Å². The van der Waals surface area contributed by atoms with E-state index >= 15 is 0 Å². The minimum atomic E-state index is -0.123. The fourth-order valence-electron chi connectivity index (χ4n) is 3.38. The van der Waals surface area contributed by atoms with Crippen LogP contribution >= 0.6 is 11.3 Å². The number of thiazole rings is 1. The molecule has 2 aromatic rings. The van der Waals surface area contributed by atoms with Crippen LogP contribution in [0.5, 0.6) is 17.2 Å². The molecule has 158 valence electrons. The maximum absolute atomic E-state index is 12.9. The van der Waals surface area contributed by atoms with Crippen LogP contribution in [0.4, 0.5) is 5.13 Å². The highest BCUT2D eigenvalue weighted by Crippen LogP contribution is 2.39. The SMILES string of the molecule is CCOc1cc(C(=O)NC2CCN(c3nccs3)CC2)cc(OCC)c1OCC. The molecule has 3 rings (SSSR count). The van der Waals surface area contributed by atoms with Crippen molar-refractivity contribution in [2.75, 3.05) is 37.8 Å². The Morgan fingerprint density at radius 1 is 1.10 bits per heavy atom. The summed E-state index contributed by atoms with van der Waals surface area (Å²) in [5.41, 5.74) is 0.516. The monoisotopic (exact) mass is 419 g/mol. The standard InChI is InChI=1S/C21H29N3O4S/c1-4-26-17-13-15(14-18(27-5-2)19(17)28-6-3)20(25)23-16-7-10-24(11-8-16)21-22-9-12-29-21/h9,12-14,16H,4-8,10-11H2,1-3H3,(H,23,25). The maximum Gasteiger partial charge on any atom is 0.251 e. The zero-order chi connectivity index (χ0) is 20.6. The van der Waals surface area contributed by atoms with E-state index in [-0.39, 0.29) is 11.9 Å². The number of anilines is 1. The van der Waals surface area contributed by atoms with Crippen LogP contribution in [-0.2, 0) is 0 Å². The predicted molar refractivity (Wildman–Crippen MR) is 115 cm³/mol. The lowest BCUT2D eigenvalue weighted by molar-refractivity contribution is 0.0930. The van der Waals surface area contributed by atoms with Crippen LogP contribution in [0.2, 0.25) is 0 Å². The van der Waals surface area contributed by atoms with Gasteiger partial charge < -0.3 is 24.4 Å². The summed E-state index contributed by atoms with van der Waals surface area (Å²) in [5.74, 6) is 1.49. The largest absolute Gasteiger partial charge is 0.490 e. The summed E-state index contributed by atoms with van der Waals surface area (Å²) in [6, 6.07) is 3.60. The number of amides is 1. The molecule has 1 fully saturated rings. The minimum Gasteiger partial charge on any atom is -0.490 e. The maximum atomic E-state index is 12.9. The highest BCUT2D eigenvalue weighted by Gasteiger charge is 2.24. The fourth-order valence-corrected chi connectivity index (χ4v) is 4.07. The van der Waals surface area contributed by atoms with Gasteiger partial charge in [-0.2, -0.15) is 0 Å². The molecular formula is C21H29N3O4S. The number of piperidine rings is 1. The molecule has 1 aromatic heterocycles. The average molecular weight is 420 g/mol. The predicted octanol–water partition coefficient (Wildman–Crippen LogP) is 3.74. The third-order valence-electron chi connectivity index (χ3n) is 4.69. The normalized spacial score (nSPS) is 14.5. The molecule has 0 spiro atoms. The topological polar surface area (TPSA) is 72.9 Å². The molecule has 1 aliphatic heterocycles. The third-order valence-corrected chi connectivity index (χ3v) is 5.52. The van der Waals surface area contributed by atoms with Gasteiger partial charge in [0.2, 0.25) is 5.75 Å². The number of aromatic nitrogens is 1. The smallest absolute Gasteiger partial charge is 0.251 e. The number of rotatable bonds is 9. The molecule has 0 bridgehead atoms. The Bertz CT molecular complexity index is 762. The van der Waals surface area contributed by atoms with Crippen molar-refractivity contribution in [2.45, 2.75) is 39.7 Å². The molecule has 0 atom stereocenters. The molecule has 0 radical (unpaired) electrons. The summed E-state index contributed by atoms with van der Waals surface area (Å²) in [6.45, 7) is 8.93. The van der Waals surface area contributed by atoms with Crippen molar-refractivity contribution >= 4 is 22.4 Å². The lowest BCUT2D eigenvalue weighted by Gasteiger charge is -2.32. The van der Waals surface area contributed by atoms with Crippen molar-refractivity contribution in [3.8, 4) is 17.2 Å². The van der Waals surface area contributed by atoms with Crippen molar-refractivity contribution in [2.24, 2.45) is 0 Å². The average Bonchev–Trinajstić information content (AvgIpc) is 3.26. The van der Waals surface area contributed by atoms with E-state index < -0.39 is 0 Å². The summed E-state index contributed by atoms with van der Waals surface area (Å²) in [7, 11) is 0. The first-order valence-corrected chi connectivity index (χ1v) is 11.1. The van der Waals surface area contributed by atoms with Crippen molar-refractivity contribution in [3.05, 3.63) is 29.3 Å². The van der Waals surface area contributed by atoms with Gasteiger partial charge in [-0.3, -0.25) is 4.79 Å². The number of hydrogen-bond acceptors (Lipinski definition) is 7. The van der Waals surface area contributed by atoms with Crippen LogP contribution in [0.3, 0.4) is 0 Å². The van der Waals surface area contributed by atoms with E-state index in [4.69, 9.17) is 14.2 Å². The van der Waals surface area contributed by atoms with Gasteiger partial charge in [-0.15, -0.1) is 11.3 Å². The Balaban J connectivity index is 1.69. The Kier molecular flexibility index (Phi) is 7.57. The molecule has 1 amide bonds. The number of carbonyl (C=O) groups excluding carboxylic acids is 1. The van der Waals surface area contributed by atoms with E-state index in [0.29, 0.717) is 42.6 Å². The second-order valence-electron chi connectivity index (χ2n) is 6.65. The van der Waals surface area contributed by atoms with Crippen molar-refractivity contribution in [3.63, 3.8) is 0 Å². The number of ether oxygens (including phenoxy) is 3. The number of hydrogen-bond donors (Lipinski definition) is 1. The molecule has 1 saturated heterocycles. The molecular weight excluding hydrogens is 390 g/mol. The minimum absolute atomic E-state index is 0.123. The number of nitrogens with one attached hydrogen (secondary N) is 1. The Labute approximate surface area is 176 Å². The molecule has 1 aromatic carbocycles. The second-order valence-corrected chi connectivity index (χ2v) is 7.52. The zero-order valence-corrected chi connectivity index (χ0v) is 18.1. The number of benzene rings is 1. The Morgan fingerprint density at radius 2 is 1.72 bits per heavy atom. The van der Waals surface area contributed by atoms with Gasteiger partial charge in [0.05, 0.1) is 19.8 Å². The van der Waals surface area contributed by atoms with Gasteiger partial charge in [0.25, 0.3) is 5.91 Å². The van der Waals surface area contributed by atoms with E-state index in [0.717, 1.165) is 31.1 Å². The Hall–Kier alpha value is -2.48. The summed E-state index contributed by atoms with van der Waals surface area (Å²) in [5, 5.41) is 6.19. The molecule has 0 aliphatic carbocycles. The molecule has 8 heteroatoms. The molecule has 0 saturated carbocycles. The Morgan fingerprint density at radius 3 is 2.24 bits per heavy atom. The summed E-state index contributed by atoms with van der Waals surface area (Å²) < 4.78 is 17.1. The van der Waals surface area contributed by atoms with Crippen LogP contribution in [0.25, 0.3) is 0 Å². The summed E-state index contributed by atoms with van der Waals surface area (Å²) in [6.07, 6.45) is 3.60. The molecule has 7 nitrogen and oxygen atoms in total. The lowest BCUT2D eigenvalue weighted by Crippen LogP contribution is -2.44. The van der Waals surface area contributed by atoms with Gasteiger partial charge in [-0.1, -0.05) is 0 Å². The first kappa shape index (κ1) is 21.2. The van der Waals surface area contributed by atoms with E-state index in [2.05, 4.69) is 15.2 Å². The van der Waals surface area contributed by atoms with Crippen LogP contribution in [-0.4, -0.2) is 49.8 Å². The highest BCUT2D eigenvalue weighted by atomic mass is 32.1. The molecule has 29 heavy (non-hydrogen) atoms. The second kappa shape index (κ2) is 10.3. The van der Waals surface area contributed by atoms with Gasteiger partial charge in [0, 0.05) is 36.3 Å². The molecule has 1 N–H and O–H groups in total. The van der Waals surface area contributed by atoms with Crippen LogP contribution in [0.15, 0.2) is 23.7 Å². The van der Waals surface area contributed by atoms with Gasteiger partial charge in [-0.25, -0.2) is 4.98 Å². The highest BCUT2D eigenvalue weighted by molar-refractivity contribution is 7.13. The van der Waals surface area contributed by atoms with Gasteiger partial charge in [0.1, 0.15) is 0 Å². The molecule has 2 heterocycles. The van der Waals surface area contributed by atoms with Gasteiger partial charge >= 0.3 is 0 Å². The van der Waals surface area contributed by atoms with E-state index in [1.54, 1.807) is 23.5 Å². The van der Waals surface area contributed by atoms with Crippen molar-refractivity contribution < 1.29 is 19.0 Å². The third kappa shape index (κ3) is 5.32. The number of nitrogens with zero attached hydrogens (tertiary/aromatic N) is 2. The van der Waals surface area contributed by atoms with Crippen LogP contribution in [0.1, 0.15) is 44.0 Å². The van der Waals surface area contributed by atoms with Gasteiger partial charge in [-0.05, 0) is 45.7 Å². The number of carbonyl (C=O) groups is 1. The van der Waals surface area contributed by atoms with E-state index in [9.17, 15) is 4.79 Å². The molecule has 0 unspecified atom stereocenters. The lowest BCUT2D eigenvalue weighted by atomic mass is 10.0.